The van der Waals surface area contributed by atoms with Gasteiger partial charge in [0.15, 0.2) is 0 Å². The molecule has 0 aromatic heterocycles. The first-order valence-electron chi connectivity index (χ1n) is 20.0. The highest BCUT2D eigenvalue weighted by molar-refractivity contribution is 5.91. The van der Waals surface area contributed by atoms with E-state index in [4.69, 9.17) is 4.74 Å². The van der Waals surface area contributed by atoms with Gasteiger partial charge >= 0.3 is 0 Å². The van der Waals surface area contributed by atoms with Crippen molar-refractivity contribution in [3.63, 3.8) is 0 Å². The maximum absolute atomic E-state index is 6.84. The van der Waals surface area contributed by atoms with Crippen LogP contribution < -0.4 is 9.64 Å². The molecule has 2 aliphatic carbocycles. The number of fused-ring (bicyclic) bond motifs is 8. The number of anilines is 2. The topological polar surface area (TPSA) is 12.5 Å². The fourth-order valence-corrected chi connectivity index (χ4v) is 10.2. The van der Waals surface area contributed by atoms with Crippen LogP contribution in [-0.4, -0.2) is 0 Å². The summed E-state index contributed by atoms with van der Waals surface area (Å²) in [6.45, 7) is 13.5. The Labute approximate surface area is 336 Å². The van der Waals surface area contributed by atoms with E-state index in [0.29, 0.717) is 0 Å². The summed E-state index contributed by atoms with van der Waals surface area (Å²) in [5.74, 6) is 1.77. The monoisotopic (exact) mass is 735 g/mol. The zero-order valence-corrected chi connectivity index (χ0v) is 33.0. The molecule has 1 aliphatic heterocycles. The molecule has 0 amide bonds. The molecule has 0 atom stereocenters. The van der Waals surface area contributed by atoms with Crippen molar-refractivity contribution < 1.29 is 4.74 Å². The van der Waals surface area contributed by atoms with Crippen LogP contribution in [0.5, 0.6) is 11.5 Å². The first-order chi connectivity index (χ1) is 27.8. The van der Waals surface area contributed by atoms with Crippen LogP contribution in [0.2, 0.25) is 0 Å². The van der Waals surface area contributed by atoms with Crippen molar-refractivity contribution in [2.24, 2.45) is 0 Å². The molecule has 0 saturated carbocycles. The SMILES string of the molecule is C=C/C=C\C=C(/N(c1ccc2c(c1)C(C)(C)c1ccccc1-2)c1cccc2c1C(C)(C)c1ccccc1O2)C1(c2ccccc2)c2ccccc2-c2ccccc21. The highest BCUT2D eigenvalue weighted by atomic mass is 16.5. The Morgan fingerprint density at radius 3 is 1.75 bits per heavy atom. The Hall–Kier alpha value is -6.64. The van der Waals surface area contributed by atoms with Gasteiger partial charge in [-0.3, -0.25) is 0 Å². The summed E-state index contributed by atoms with van der Waals surface area (Å²) in [6, 6.07) is 60.1. The van der Waals surface area contributed by atoms with E-state index in [1.54, 1.807) is 0 Å². The number of hydrogen-bond donors (Lipinski definition) is 0. The Bertz CT molecular complexity index is 2750. The Balaban J connectivity index is 1.35. The van der Waals surface area contributed by atoms with Crippen molar-refractivity contribution >= 4 is 11.4 Å². The van der Waals surface area contributed by atoms with E-state index in [-0.39, 0.29) is 5.41 Å². The molecule has 7 aromatic carbocycles. The van der Waals surface area contributed by atoms with Crippen LogP contribution in [-0.2, 0) is 16.2 Å². The molecule has 0 bridgehead atoms. The summed E-state index contributed by atoms with van der Waals surface area (Å²) in [4.78, 5) is 2.55. The van der Waals surface area contributed by atoms with Crippen molar-refractivity contribution in [1.82, 2.24) is 0 Å². The van der Waals surface area contributed by atoms with Crippen LogP contribution in [0.15, 0.2) is 200 Å². The Morgan fingerprint density at radius 1 is 0.509 bits per heavy atom. The molecule has 2 heteroatoms. The molecule has 10 rings (SSSR count). The highest BCUT2D eigenvalue weighted by Crippen LogP contribution is 2.61. The quantitative estimate of drug-likeness (QED) is 0.151. The van der Waals surface area contributed by atoms with Crippen LogP contribution >= 0.6 is 0 Å². The van der Waals surface area contributed by atoms with Gasteiger partial charge < -0.3 is 9.64 Å². The lowest BCUT2D eigenvalue weighted by molar-refractivity contribution is 0.418. The lowest BCUT2D eigenvalue weighted by Crippen LogP contribution is -2.39. The minimum absolute atomic E-state index is 0.193. The van der Waals surface area contributed by atoms with Crippen molar-refractivity contribution in [2.75, 3.05) is 4.90 Å². The number of ether oxygens (including phenoxy) is 1. The van der Waals surface area contributed by atoms with Gasteiger partial charge in [0, 0.05) is 33.3 Å². The summed E-state index contributed by atoms with van der Waals surface area (Å²) in [6.07, 6.45) is 8.38. The molecule has 0 spiro atoms. The van der Waals surface area contributed by atoms with Crippen LogP contribution in [0.3, 0.4) is 0 Å². The van der Waals surface area contributed by atoms with Crippen molar-refractivity contribution in [1.29, 1.82) is 0 Å². The van der Waals surface area contributed by atoms with Gasteiger partial charge in [0.1, 0.15) is 11.5 Å². The largest absolute Gasteiger partial charge is 0.457 e. The maximum Gasteiger partial charge on any atom is 0.133 e. The molecule has 0 unspecified atom stereocenters. The molecule has 2 nitrogen and oxygen atoms in total. The van der Waals surface area contributed by atoms with E-state index in [9.17, 15) is 0 Å². The molecular weight excluding hydrogens is 691 g/mol. The lowest BCUT2D eigenvalue weighted by atomic mass is 9.68. The molecule has 7 aromatic rings. The Morgan fingerprint density at radius 2 is 1.07 bits per heavy atom. The van der Waals surface area contributed by atoms with Crippen LogP contribution in [0, 0.1) is 0 Å². The van der Waals surface area contributed by atoms with Gasteiger partial charge in [-0.1, -0.05) is 186 Å². The summed E-state index contributed by atoms with van der Waals surface area (Å²) >= 11 is 0. The summed E-state index contributed by atoms with van der Waals surface area (Å²) in [5.41, 5.74) is 15.8. The van der Waals surface area contributed by atoms with Gasteiger partial charge in [-0.25, -0.2) is 0 Å². The Kier molecular flexibility index (Phi) is 7.92. The normalized spacial score (nSPS) is 16.0. The summed E-state index contributed by atoms with van der Waals surface area (Å²) < 4.78 is 6.84. The van der Waals surface area contributed by atoms with Gasteiger partial charge in [0.2, 0.25) is 0 Å². The number of hydrogen-bond acceptors (Lipinski definition) is 2. The zero-order valence-electron chi connectivity index (χ0n) is 33.0. The molecule has 276 valence electrons. The van der Waals surface area contributed by atoms with Gasteiger partial charge in [-0.15, -0.1) is 0 Å². The van der Waals surface area contributed by atoms with Crippen molar-refractivity contribution in [3.05, 3.63) is 239 Å². The predicted molar refractivity (Wildman–Crippen MR) is 237 cm³/mol. The highest BCUT2D eigenvalue weighted by Gasteiger charge is 2.51. The standard InChI is InChI=1S/C55H45NO/c1-6-7-9-33-51(55(37-21-10-8-11-22-37)44-27-16-13-24-40(44)41-25-14-17-28-45(41)55)56(38-34-35-42-39-23-12-15-26-43(39)53(2,3)47(42)36-38)48-30-20-32-50-52(48)54(4,5)46-29-18-19-31-49(46)57-50/h6-36H,1H2,2-5H3/b9-7-,51-33-. The summed E-state index contributed by atoms with van der Waals surface area (Å²) in [5, 5.41) is 0. The van der Waals surface area contributed by atoms with Crippen LogP contribution in [0.4, 0.5) is 11.4 Å². The fourth-order valence-electron chi connectivity index (χ4n) is 10.2. The van der Waals surface area contributed by atoms with E-state index in [1.807, 2.05) is 12.2 Å². The van der Waals surface area contributed by atoms with Crippen molar-refractivity contribution in [3.8, 4) is 33.8 Å². The maximum atomic E-state index is 6.84. The van der Waals surface area contributed by atoms with E-state index < -0.39 is 10.8 Å². The second-order valence-electron chi connectivity index (χ2n) is 16.5. The number of benzene rings is 7. The third-order valence-electron chi connectivity index (χ3n) is 12.8. The number of rotatable bonds is 7. The second-order valence-corrected chi connectivity index (χ2v) is 16.5. The zero-order chi connectivity index (χ0) is 38.9. The minimum atomic E-state index is -0.711. The van der Waals surface area contributed by atoms with Gasteiger partial charge in [-0.05, 0) is 86.5 Å². The van der Waals surface area contributed by atoms with E-state index >= 15 is 0 Å². The van der Waals surface area contributed by atoms with E-state index in [2.05, 4.69) is 215 Å². The van der Waals surface area contributed by atoms with Gasteiger partial charge in [0.25, 0.3) is 0 Å². The minimum Gasteiger partial charge on any atom is -0.457 e. The average Bonchev–Trinajstić information content (AvgIpc) is 3.66. The third kappa shape index (κ3) is 4.96. The average molecular weight is 736 g/mol. The first-order valence-corrected chi connectivity index (χ1v) is 20.0. The van der Waals surface area contributed by atoms with Gasteiger partial charge in [-0.2, -0.15) is 0 Å². The lowest BCUT2D eigenvalue weighted by Gasteiger charge is -2.45. The predicted octanol–water partition coefficient (Wildman–Crippen LogP) is 14.2. The number of para-hydroxylation sites is 1. The van der Waals surface area contributed by atoms with E-state index in [0.717, 1.165) is 34.1 Å². The van der Waals surface area contributed by atoms with Crippen molar-refractivity contribution in [2.45, 2.75) is 43.9 Å². The molecule has 3 aliphatic rings. The molecule has 1 heterocycles. The summed E-state index contributed by atoms with van der Waals surface area (Å²) in [7, 11) is 0. The first kappa shape index (κ1) is 34.8. The number of allylic oxidation sites excluding steroid dienone is 5. The second kappa shape index (κ2) is 13.0. The number of nitrogens with zero attached hydrogens (tertiary/aromatic N) is 1. The molecule has 57 heavy (non-hydrogen) atoms. The molecule has 0 fully saturated rings. The smallest absolute Gasteiger partial charge is 0.133 e. The molecule has 0 N–H and O–H groups in total. The van der Waals surface area contributed by atoms with Crippen LogP contribution in [0.25, 0.3) is 22.3 Å². The fraction of sp³-hybridized carbons (Fsp3) is 0.127. The van der Waals surface area contributed by atoms with E-state index in [1.165, 1.54) is 55.6 Å². The molecule has 0 saturated heterocycles. The molecular formula is C55H45NO. The third-order valence-corrected chi connectivity index (χ3v) is 12.8. The van der Waals surface area contributed by atoms with Crippen LogP contribution in [0.1, 0.15) is 66.6 Å². The molecule has 0 radical (unpaired) electrons. The van der Waals surface area contributed by atoms with Gasteiger partial charge in [0.05, 0.1) is 11.1 Å².